The van der Waals surface area contributed by atoms with E-state index in [0.717, 1.165) is 0 Å². The summed E-state index contributed by atoms with van der Waals surface area (Å²) in [6, 6.07) is 7.14. The van der Waals surface area contributed by atoms with Crippen LogP contribution in [0.15, 0.2) is 36.9 Å². The largest absolute Gasteiger partial charge is 0.415 e. The minimum Gasteiger partial charge on any atom is -0.410 e. The summed E-state index contributed by atoms with van der Waals surface area (Å²) in [4.78, 5) is 14.2. The van der Waals surface area contributed by atoms with E-state index in [0.29, 0.717) is 11.3 Å². The van der Waals surface area contributed by atoms with E-state index < -0.39 is 17.6 Å². The molecule has 0 saturated heterocycles. The summed E-state index contributed by atoms with van der Waals surface area (Å²) in [5.74, 6) is 0.381. The Morgan fingerprint density at radius 2 is 1.74 bits per heavy atom. The molecule has 1 N–H and O–H groups in total. The Bertz CT molecular complexity index is 541. The van der Waals surface area contributed by atoms with E-state index in [2.05, 4.69) is 6.58 Å². The van der Waals surface area contributed by atoms with Gasteiger partial charge in [0.05, 0.1) is 6.10 Å². The van der Waals surface area contributed by atoms with Crippen LogP contribution < -0.4 is 4.74 Å². The molecule has 0 bridgehead atoms. The predicted octanol–water partition coefficient (Wildman–Crippen LogP) is 4.55. The molecule has 1 amide bonds. The number of carbonyl (C=O) groups excluding carboxylic acids is 1. The quantitative estimate of drug-likeness (QED) is 0.783. The van der Waals surface area contributed by atoms with Gasteiger partial charge >= 0.3 is 6.09 Å². The van der Waals surface area contributed by atoms with Gasteiger partial charge in [0.25, 0.3) is 0 Å². The molecule has 23 heavy (non-hydrogen) atoms. The van der Waals surface area contributed by atoms with Crippen LogP contribution in [0.2, 0.25) is 0 Å². The number of ether oxygens (including phenoxy) is 1. The summed E-state index contributed by atoms with van der Waals surface area (Å²) in [7, 11) is 0. The third-order valence-electron chi connectivity index (χ3n) is 3.97. The molecular formula is C19H29NO3. The third-order valence-corrected chi connectivity index (χ3v) is 3.97. The first-order valence-electron chi connectivity index (χ1n) is 8.02. The first-order chi connectivity index (χ1) is 10.6. The lowest BCUT2D eigenvalue weighted by Crippen LogP contribution is -2.43. The number of aliphatic hydroxyl groups is 1. The highest BCUT2D eigenvalue weighted by Crippen LogP contribution is 2.38. The zero-order valence-electron chi connectivity index (χ0n) is 15.0. The van der Waals surface area contributed by atoms with Crippen molar-refractivity contribution in [2.75, 3.05) is 0 Å². The molecule has 4 heteroatoms. The fraction of sp³-hybridized carbons (Fsp3) is 0.526. The standard InChI is InChI=1S/C19H29NO3/c1-8-19(6,7)17(21)15-11-9-10-12-16(15)23-18(22)20(13(2)3)14(4)5/h8-14,17,21H,1H2,2-7H3. The molecule has 0 fully saturated rings. The van der Waals surface area contributed by atoms with E-state index in [1.165, 1.54) is 0 Å². The highest BCUT2D eigenvalue weighted by atomic mass is 16.6. The molecule has 1 aromatic rings. The van der Waals surface area contributed by atoms with Crippen molar-refractivity contribution in [3.05, 3.63) is 42.5 Å². The zero-order valence-corrected chi connectivity index (χ0v) is 15.0. The molecule has 0 radical (unpaired) electrons. The monoisotopic (exact) mass is 319 g/mol. The summed E-state index contributed by atoms with van der Waals surface area (Å²) >= 11 is 0. The van der Waals surface area contributed by atoms with Crippen LogP contribution in [0.5, 0.6) is 5.75 Å². The van der Waals surface area contributed by atoms with Crippen molar-refractivity contribution in [3.63, 3.8) is 0 Å². The normalized spacial score (nSPS) is 13.1. The van der Waals surface area contributed by atoms with Crippen molar-refractivity contribution in [1.29, 1.82) is 0 Å². The zero-order chi connectivity index (χ0) is 17.8. The van der Waals surface area contributed by atoms with Crippen LogP contribution in [-0.4, -0.2) is 28.2 Å². The van der Waals surface area contributed by atoms with Crippen molar-refractivity contribution in [2.45, 2.75) is 59.7 Å². The van der Waals surface area contributed by atoms with E-state index in [1.807, 2.05) is 47.6 Å². The second kappa shape index (κ2) is 7.64. The average molecular weight is 319 g/mol. The summed E-state index contributed by atoms with van der Waals surface area (Å²) in [6.07, 6.45) is 0.478. The second-order valence-electron chi connectivity index (χ2n) is 6.93. The number of rotatable bonds is 6. The topological polar surface area (TPSA) is 49.8 Å². The molecule has 4 nitrogen and oxygen atoms in total. The summed E-state index contributed by atoms with van der Waals surface area (Å²) < 4.78 is 5.58. The Kier molecular flexibility index (Phi) is 6.39. The number of benzene rings is 1. The Balaban J connectivity index is 3.11. The molecular weight excluding hydrogens is 290 g/mol. The molecule has 0 saturated carbocycles. The highest BCUT2D eigenvalue weighted by Gasteiger charge is 2.30. The third kappa shape index (κ3) is 4.58. The molecule has 1 aromatic carbocycles. The Morgan fingerprint density at radius 3 is 2.22 bits per heavy atom. The summed E-state index contributed by atoms with van der Waals surface area (Å²) in [5, 5.41) is 10.6. The predicted molar refractivity (Wildman–Crippen MR) is 93.5 cm³/mol. The molecule has 128 valence electrons. The first kappa shape index (κ1) is 19.2. The van der Waals surface area contributed by atoms with E-state index >= 15 is 0 Å². The SMILES string of the molecule is C=CC(C)(C)C(O)c1ccccc1OC(=O)N(C(C)C)C(C)C. The number of aliphatic hydroxyl groups excluding tert-OH is 1. The van der Waals surface area contributed by atoms with Crippen molar-refractivity contribution in [3.8, 4) is 5.75 Å². The van der Waals surface area contributed by atoms with Gasteiger partial charge in [-0.2, -0.15) is 0 Å². The van der Waals surface area contributed by atoms with Gasteiger partial charge in [-0.1, -0.05) is 38.1 Å². The van der Waals surface area contributed by atoms with Crippen LogP contribution in [0.3, 0.4) is 0 Å². The average Bonchev–Trinajstić information content (AvgIpc) is 2.46. The number of nitrogens with zero attached hydrogens (tertiary/aromatic N) is 1. The first-order valence-corrected chi connectivity index (χ1v) is 8.02. The van der Waals surface area contributed by atoms with E-state index in [-0.39, 0.29) is 12.1 Å². The van der Waals surface area contributed by atoms with E-state index in [1.54, 1.807) is 29.2 Å². The molecule has 0 aliphatic rings. The van der Waals surface area contributed by atoms with Gasteiger partial charge in [0.2, 0.25) is 0 Å². The highest BCUT2D eigenvalue weighted by molar-refractivity contribution is 5.72. The Morgan fingerprint density at radius 1 is 1.22 bits per heavy atom. The van der Waals surface area contributed by atoms with Crippen molar-refractivity contribution < 1.29 is 14.6 Å². The molecule has 0 aromatic heterocycles. The molecule has 0 heterocycles. The van der Waals surface area contributed by atoms with Crippen LogP contribution in [0, 0.1) is 5.41 Å². The van der Waals surface area contributed by atoms with Crippen molar-refractivity contribution in [1.82, 2.24) is 4.90 Å². The van der Waals surface area contributed by atoms with Gasteiger partial charge in [-0.05, 0) is 33.8 Å². The van der Waals surface area contributed by atoms with Gasteiger partial charge in [0.15, 0.2) is 0 Å². The number of amides is 1. The number of hydrogen-bond donors (Lipinski definition) is 1. The minimum atomic E-state index is -0.810. The smallest absolute Gasteiger partial charge is 0.410 e. The van der Waals surface area contributed by atoms with Crippen LogP contribution in [-0.2, 0) is 0 Å². The van der Waals surface area contributed by atoms with Gasteiger partial charge in [-0.15, -0.1) is 6.58 Å². The lowest BCUT2D eigenvalue weighted by atomic mass is 9.82. The lowest BCUT2D eigenvalue weighted by molar-refractivity contribution is 0.0777. The minimum absolute atomic E-state index is 0.0317. The maximum atomic E-state index is 12.5. The summed E-state index contributed by atoms with van der Waals surface area (Å²) in [6.45, 7) is 15.3. The van der Waals surface area contributed by atoms with Gasteiger partial charge in [-0.3, -0.25) is 0 Å². The Labute approximate surface area is 139 Å². The lowest BCUT2D eigenvalue weighted by Gasteiger charge is -2.31. The molecule has 1 unspecified atom stereocenters. The van der Waals surface area contributed by atoms with Crippen LogP contribution in [0.25, 0.3) is 0 Å². The van der Waals surface area contributed by atoms with Gasteiger partial charge in [0, 0.05) is 23.1 Å². The number of carbonyl (C=O) groups is 1. The van der Waals surface area contributed by atoms with Gasteiger partial charge < -0.3 is 14.7 Å². The fourth-order valence-corrected chi connectivity index (χ4v) is 2.48. The van der Waals surface area contributed by atoms with E-state index in [9.17, 15) is 9.90 Å². The summed E-state index contributed by atoms with van der Waals surface area (Å²) in [5.41, 5.74) is 0.0522. The Hall–Kier alpha value is -1.81. The molecule has 0 aliphatic carbocycles. The molecule has 1 rings (SSSR count). The molecule has 1 atom stereocenters. The van der Waals surface area contributed by atoms with Crippen LogP contribution in [0.1, 0.15) is 53.2 Å². The van der Waals surface area contributed by atoms with Crippen molar-refractivity contribution >= 4 is 6.09 Å². The van der Waals surface area contributed by atoms with Gasteiger partial charge in [-0.25, -0.2) is 4.79 Å². The second-order valence-corrected chi connectivity index (χ2v) is 6.93. The number of para-hydroxylation sites is 1. The maximum Gasteiger partial charge on any atom is 0.415 e. The van der Waals surface area contributed by atoms with Gasteiger partial charge in [0.1, 0.15) is 5.75 Å². The van der Waals surface area contributed by atoms with Crippen LogP contribution >= 0.6 is 0 Å². The van der Waals surface area contributed by atoms with Crippen LogP contribution in [0.4, 0.5) is 4.79 Å². The number of hydrogen-bond acceptors (Lipinski definition) is 3. The molecule has 0 aliphatic heterocycles. The molecule has 0 spiro atoms. The fourth-order valence-electron chi connectivity index (χ4n) is 2.48. The maximum absolute atomic E-state index is 12.5. The van der Waals surface area contributed by atoms with Crippen molar-refractivity contribution in [2.24, 2.45) is 5.41 Å². The van der Waals surface area contributed by atoms with E-state index in [4.69, 9.17) is 4.74 Å².